The predicted molar refractivity (Wildman–Crippen MR) is 85.2 cm³/mol. The molecule has 0 saturated carbocycles. The zero-order chi connectivity index (χ0) is 13.9. The quantitative estimate of drug-likeness (QED) is 0.901. The molecule has 3 N–H and O–H groups in total. The van der Waals surface area contributed by atoms with Crippen molar-refractivity contribution in [2.45, 2.75) is 31.8 Å². The third kappa shape index (κ3) is 3.14. The SMILES string of the molecule is N[C@H]1CCc2cc(NCc3ccc(Cl)cc3)ccc2C1. The molecule has 0 amide bonds. The molecule has 104 valence electrons. The van der Waals surface area contributed by atoms with Crippen LogP contribution in [0.1, 0.15) is 23.1 Å². The summed E-state index contributed by atoms with van der Waals surface area (Å²) in [6, 6.07) is 14.9. The highest BCUT2D eigenvalue weighted by atomic mass is 35.5. The Kier molecular flexibility index (Phi) is 3.95. The van der Waals surface area contributed by atoms with E-state index in [2.05, 4.69) is 23.5 Å². The Morgan fingerprint density at radius 2 is 1.90 bits per heavy atom. The van der Waals surface area contributed by atoms with Crippen molar-refractivity contribution in [1.29, 1.82) is 0 Å². The van der Waals surface area contributed by atoms with Crippen LogP contribution in [0.25, 0.3) is 0 Å². The van der Waals surface area contributed by atoms with Gasteiger partial charge in [-0.25, -0.2) is 0 Å². The molecule has 0 heterocycles. The molecular weight excluding hydrogens is 268 g/mol. The van der Waals surface area contributed by atoms with Crippen molar-refractivity contribution in [2.75, 3.05) is 5.32 Å². The molecule has 0 bridgehead atoms. The average molecular weight is 287 g/mol. The van der Waals surface area contributed by atoms with Gasteiger partial charge in [-0.15, -0.1) is 0 Å². The average Bonchev–Trinajstić information content (AvgIpc) is 2.46. The first-order valence-corrected chi connectivity index (χ1v) is 7.44. The molecule has 0 aliphatic heterocycles. The second-order valence-electron chi connectivity index (χ2n) is 5.47. The van der Waals surface area contributed by atoms with Gasteiger partial charge < -0.3 is 11.1 Å². The van der Waals surface area contributed by atoms with Crippen LogP contribution in [0, 0.1) is 0 Å². The van der Waals surface area contributed by atoms with Gasteiger partial charge in [-0.1, -0.05) is 29.8 Å². The number of nitrogens with one attached hydrogen (secondary N) is 1. The van der Waals surface area contributed by atoms with Gasteiger partial charge in [0.05, 0.1) is 0 Å². The number of benzene rings is 2. The lowest BCUT2D eigenvalue weighted by molar-refractivity contribution is 0.576. The van der Waals surface area contributed by atoms with E-state index >= 15 is 0 Å². The van der Waals surface area contributed by atoms with Crippen molar-refractivity contribution in [3.8, 4) is 0 Å². The molecule has 3 rings (SSSR count). The standard InChI is InChI=1S/C17H19ClN2/c18-15-5-1-12(2-6-15)11-20-17-8-4-13-9-16(19)7-3-14(13)10-17/h1-2,4-6,8,10,16,20H,3,7,9,11,19H2/t16-/m0/s1. The highest BCUT2D eigenvalue weighted by Crippen LogP contribution is 2.24. The first kappa shape index (κ1) is 13.5. The van der Waals surface area contributed by atoms with E-state index in [1.165, 1.54) is 22.4 Å². The van der Waals surface area contributed by atoms with Crippen LogP contribution in [0.3, 0.4) is 0 Å². The number of halogens is 1. The summed E-state index contributed by atoms with van der Waals surface area (Å²) >= 11 is 5.89. The maximum atomic E-state index is 6.01. The van der Waals surface area contributed by atoms with Crippen LogP contribution < -0.4 is 11.1 Å². The predicted octanol–water partition coefficient (Wildman–Crippen LogP) is 3.77. The Labute approximate surface area is 125 Å². The van der Waals surface area contributed by atoms with E-state index in [0.717, 1.165) is 30.8 Å². The van der Waals surface area contributed by atoms with E-state index in [1.807, 2.05) is 24.3 Å². The summed E-state index contributed by atoms with van der Waals surface area (Å²) in [6.45, 7) is 0.815. The minimum atomic E-state index is 0.329. The van der Waals surface area contributed by atoms with Crippen LogP contribution in [-0.2, 0) is 19.4 Å². The minimum Gasteiger partial charge on any atom is -0.381 e. The fraction of sp³-hybridized carbons (Fsp3) is 0.294. The lowest BCUT2D eigenvalue weighted by Crippen LogP contribution is -2.27. The summed E-state index contributed by atoms with van der Waals surface area (Å²) in [5.41, 5.74) is 11.3. The van der Waals surface area contributed by atoms with Gasteiger partial charge in [0.1, 0.15) is 0 Å². The van der Waals surface area contributed by atoms with Crippen LogP contribution in [0.5, 0.6) is 0 Å². The van der Waals surface area contributed by atoms with Crippen LogP contribution >= 0.6 is 11.6 Å². The van der Waals surface area contributed by atoms with Crippen molar-refractivity contribution in [1.82, 2.24) is 0 Å². The number of aryl methyl sites for hydroxylation is 1. The van der Waals surface area contributed by atoms with Gasteiger partial charge in [0.25, 0.3) is 0 Å². The Morgan fingerprint density at radius 1 is 1.10 bits per heavy atom. The third-order valence-electron chi connectivity index (χ3n) is 3.88. The van der Waals surface area contributed by atoms with Gasteiger partial charge in [0.15, 0.2) is 0 Å². The Balaban J connectivity index is 1.67. The fourth-order valence-corrected chi connectivity index (χ4v) is 2.83. The number of hydrogen-bond donors (Lipinski definition) is 2. The van der Waals surface area contributed by atoms with Crippen molar-refractivity contribution >= 4 is 17.3 Å². The van der Waals surface area contributed by atoms with E-state index in [-0.39, 0.29) is 0 Å². The molecule has 1 aliphatic carbocycles. The van der Waals surface area contributed by atoms with Crippen LogP contribution in [0.15, 0.2) is 42.5 Å². The smallest absolute Gasteiger partial charge is 0.0406 e. The number of fused-ring (bicyclic) bond motifs is 1. The molecule has 0 fully saturated rings. The lowest BCUT2D eigenvalue weighted by atomic mass is 9.88. The van der Waals surface area contributed by atoms with E-state index < -0.39 is 0 Å². The highest BCUT2D eigenvalue weighted by molar-refractivity contribution is 6.30. The zero-order valence-electron chi connectivity index (χ0n) is 11.4. The molecule has 1 aliphatic rings. The van der Waals surface area contributed by atoms with Gasteiger partial charge >= 0.3 is 0 Å². The molecule has 2 aromatic rings. The zero-order valence-corrected chi connectivity index (χ0v) is 12.2. The Hall–Kier alpha value is -1.51. The van der Waals surface area contributed by atoms with Crippen molar-refractivity contribution in [3.05, 3.63) is 64.2 Å². The molecule has 0 unspecified atom stereocenters. The Morgan fingerprint density at radius 3 is 2.70 bits per heavy atom. The van der Waals surface area contributed by atoms with Crippen LogP contribution in [0.2, 0.25) is 5.02 Å². The number of rotatable bonds is 3. The molecule has 0 spiro atoms. The molecular formula is C17H19ClN2. The normalized spacial score (nSPS) is 17.6. The fourth-order valence-electron chi connectivity index (χ4n) is 2.70. The van der Waals surface area contributed by atoms with Crippen molar-refractivity contribution in [2.24, 2.45) is 5.73 Å². The van der Waals surface area contributed by atoms with Crippen LogP contribution in [-0.4, -0.2) is 6.04 Å². The molecule has 0 saturated heterocycles. The largest absolute Gasteiger partial charge is 0.381 e. The summed E-state index contributed by atoms with van der Waals surface area (Å²) in [4.78, 5) is 0. The number of nitrogens with two attached hydrogens (primary N) is 1. The third-order valence-corrected chi connectivity index (χ3v) is 4.13. The second-order valence-corrected chi connectivity index (χ2v) is 5.90. The lowest BCUT2D eigenvalue weighted by Gasteiger charge is -2.22. The Bertz CT molecular complexity index is 592. The molecule has 0 aromatic heterocycles. The first-order chi connectivity index (χ1) is 9.70. The van der Waals surface area contributed by atoms with E-state index in [4.69, 9.17) is 17.3 Å². The molecule has 2 aromatic carbocycles. The molecule has 1 atom stereocenters. The minimum absolute atomic E-state index is 0.329. The maximum absolute atomic E-state index is 6.01. The topological polar surface area (TPSA) is 38.0 Å². The van der Waals surface area contributed by atoms with E-state index in [9.17, 15) is 0 Å². The van der Waals surface area contributed by atoms with Gasteiger partial charge in [-0.3, -0.25) is 0 Å². The summed E-state index contributed by atoms with van der Waals surface area (Å²) in [7, 11) is 0. The van der Waals surface area contributed by atoms with Gasteiger partial charge in [0.2, 0.25) is 0 Å². The number of anilines is 1. The highest BCUT2D eigenvalue weighted by Gasteiger charge is 2.15. The summed E-state index contributed by atoms with van der Waals surface area (Å²) < 4.78 is 0. The summed E-state index contributed by atoms with van der Waals surface area (Å²) in [5.74, 6) is 0. The van der Waals surface area contributed by atoms with Crippen molar-refractivity contribution in [3.63, 3.8) is 0 Å². The summed E-state index contributed by atoms with van der Waals surface area (Å²) in [6.07, 6.45) is 3.19. The maximum Gasteiger partial charge on any atom is 0.0406 e. The summed E-state index contributed by atoms with van der Waals surface area (Å²) in [5, 5.41) is 4.24. The van der Waals surface area contributed by atoms with Gasteiger partial charge in [-0.05, 0) is 60.2 Å². The van der Waals surface area contributed by atoms with E-state index in [0.29, 0.717) is 6.04 Å². The molecule has 3 heteroatoms. The molecule has 20 heavy (non-hydrogen) atoms. The monoisotopic (exact) mass is 286 g/mol. The molecule has 0 radical (unpaired) electrons. The second kappa shape index (κ2) is 5.86. The van der Waals surface area contributed by atoms with Gasteiger partial charge in [-0.2, -0.15) is 0 Å². The molecule has 2 nitrogen and oxygen atoms in total. The number of hydrogen-bond acceptors (Lipinski definition) is 2. The van der Waals surface area contributed by atoms with Gasteiger partial charge in [0, 0.05) is 23.3 Å². The van der Waals surface area contributed by atoms with Crippen molar-refractivity contribution < 1.29 is 0 Å². The van der Waals surface area contributed by atoms with Crippen LogP contribution in [0.4, 0.5) is 5.69 Å². The van der Waals surface area contributed by atoms with E-state index in [1.54, 1.807) is 0 Å². The first-order valence-electron chi connectivity index (χ1n) is 7.06.